The van der Waals surface area contributed by atoms with Gasteiger partial charge in [-0.1, -0.05) is 85.8 Å². The van der Waals surface area contributed by atoms with E-state index in [1.54, 1.807) is 47.3 Å². The molecular formula is C78H100N4O14S7. The molecule has 7 aliphatic rings. The second-order valence-electron chi connectivity index (χ2n) is 25.4. The molecule has 1 unspecified atom stereocenters. The summed E-state index contributed by atoms with van der Waals surface area (Å²) in [4.78, 5) is 122. The smallest absolute Gasteiger partial charge is 0.341 e. The maximum absolute atomic E-state index is 13.3. The van der Waals surface area contributed by atoms with Gasteiger partial charge in [-0.3, -0.25) is 42.9 Å². The standard InChI is InChI=1S/C21H21NO2S3.C15H17NO2S.C12H15NO3S2.C10H13NO2S.C8H10O.C6H10O.C4H8O2.C2H6O/c1-13(2)11-22-19(26-12-15(23)17-8-5-9-25-17)10-18-20(21(22)24)14-6-3-4-7-16(14)27-18;1-8(2)7-10-13(17)12-9-5-3-4-6-11(9)19-15(12)16-14(10)18;1-16-11(14)9-7-5-3-4-6-8(7)18-10(9)13-12(15)17-2;1-13-10(12)8-6-4-2-3-5-7(6)14-9(8)11;1-2-8(9)7-5-3-4-6-7;7-6-4-2-1-3-5-6;1-3-4(5)6-2;1-2-3/h5,8-10H,1,3-4,6-7,11-12H2,2H3;10H,1,3-7H2,2H3,(H,16,18);3-6H2,1-2H3,(H,13,15);2-5,11H2,1H3;3-5H,2,6H2,1H3;1-5H2;3H2,1-2H3;3H,2H2,1H3. The van der Waals surface area contributed by atoms with E-state index in [0.717, 1.165) is 186 Å². The van der Waals surface area contributed by atoms with Crippen molar-refractivity contribution in [1.82, 2.24) is 4.57 Å². The highest BCUT2D eigenvalue weighted by Crippen LogP contribution is 2.44. The molecule has 0 radical (unpaired) electrons. The number of nitrogens with one attached hydrogen (secondary N) is 2. The summed E-state index contributed by atoms with van der Waals surface area (Å²) in [5, 5.41) is 18.8. The molecule has 7 heterocycles. The minimum absolute atomic E-state index is 0.00106. The van der Waals surface area contributed by atoms with Gasteiger partial charge in [-0.05, 0) is 201 Å². The highest BCUT2D eigenvalue weighted by molar-refractivity contribution is 8.13. The number of carbonyl (C=O) groups excluding carboxylic acids is 9. The van der Waals surface area contributed by atoms with E-state index in [0.29, 0.717) is 58.5 Å². The van der Waals surface area contributed by atoms with Crippen molar-refractivity contribution < 1.29 is 62.5 Å². The van der Waals surface area contributed by atoms with Gasteiger partial charge in [-0.15, -0.1) is 63.3 Å². The molecule has 6 aromatic rings. The molecular weight excluding hydrogens is 1440 g/mol. The zero-order valence-corrected chi connectivity index (χ0v) is 66.7. The molecule has 0 spiro atoms. The van der Waals surface area contributed by atoms with E-state index in [9.17, 15) is 47.9 Å². The number of ether oxygens (including phenoxy) is 3. The molecule has 0 bridgehead atoms. The molecule has 6 aromatic heterocycles. The van der Waals surface area contributed by atoms with Crippen molar-refractivity contribution in [1.29, 1.82) is 0 Å². The summed E-state index contributed by atoms with van der Waals surface area (Å²) in [7, 11) is 4.15. The lowest BCUT2D eigenvalue weighted by Crippen LogP contribution is -2.35. The second-order valence-corrected chi connectivity index (χ2v) is 32.6. The van der Waals surface area contributed by atoms with Gasteiger partial charge in [0.2, 0.25) is 5.91 Å². The molecule has 5 N–H and O–H groups in total. The van der Waals surface area contributed by atoms with Gasteiger partial charge in [-0.2, -0.15) is 0 Å². The quantitative estimate of drug-likeness (QED) is 0.0197. The van der Waals surface area contributed by atoms with Crippen LogP contribution in [0.5, 0.6) is 0 Å². The first-order valence-electron chi connectivity index (χ1n) is 35.3. The van der Waals surface area contributed by atoms with Crippen molar-refractivity contribution >= 4 is 157 Å². The van der Waals surface area contributed by atoms with Crippen LogP contribution in [0.25, 0.3) is 10.1 Å². The molecule has 1 fully saturated rings. The van der Waals surface area contributed by atoms with Crippen LogP contribution in [0.3, 0.4) is 0 Å². The van der Waals surface area contributed by atoms with E-state index in [4.69, 9.17) is 20.3 Å². The number of aryl methyl sites for hydroxylation is 5. The zero-order chi connectivity index (χ0) is 75.3. The molecule has 1 aliphatic heterocycles. The number of methoxy groups -OCH3 is 3. The van der Waals surface area contributed by atoms with Gasteiger partial charge >= 0.3 is 17.9 Å². The Balaban J connectivity index is 0.000000197. The van der Waals surface area contributed by atoms with E-state index < -0.39 is 5.92 Å². The van der Waals surface area contributed by atoms with E-state index in [-0.39, 0.29) is 58.6 Å². The van der Waals surface area contributed by atoms with Gasteiger partial charge in [0.05, 0.1) is 59.1 Å². The third-order valence-electron chi connectivity index (χ3n) is 17.5. The minimum Gasteiger partial charge on any atom is -0.469 e. The van der Waals surface area contributed by atoms with E-state index in [2.05, 4.69) is 34.6 Å². The van der Waals surface area contributed by atoms with Crippen molar-refractivity contribution in [3.8, 4) is 0 Å². The van der Waals surface area contributed by atoms with Crippen LogP contribution in [0, 0.1) is 5.92 Å². The Hall–Kier alpha value is -6.84. The number of nitrogens with zero attached hydrogens (tertiary/aromatic N) is 1. The SMILES string of the molecule is C=C(C)CC1C(=O)Nc2sc3c(c2C1=O)CCCC3.C=C(C)Cn1c(SCC(=O)c2cccs2)cc2sc3c(c2c1=O)CCCC3.CCC(=O)C1=CC=CC1.CCC(=O)OC.CCO.COC(=O)c1c(N)sc2c1CCCC2.COC(=O)c1c(NC(=O)SC)sc2c1CCCC2.O=C1CCCCC1. The van der Waals surface area contributed by atoms with Crippen LogP contribution >= 0.6 is 80.2 Å². The lowest BCUT2D eigenvalue weighted by Gasteiger charge is -2.22. The number of amides is 2. The largest absolute Gasteiger partial charge is 0.469 e. The first-order chi connectivity index (χ1) is 49.5. The predicted molar refractivity (Wildman–Crippen MR) is 426 cm³/mol. The van der Waals surface area contributed by atoms with Crippen LogP contribution < -0.4 is 21.9 Å². The summed E-state index contributed by atoms with van der Waals surface area (Å²) in [6.45, 7) is 17.7. The fourth-order valence-corrected chi connectivity index (χ4v) is 19.6. The Bertz CT molecular complexity index is 4110. The number of hydrogen-bond donors (Lipinski definition) is 4. The number of nitrogen functional groups attached to an aromatic ring is 1. The van der Waals surface area contributed by atoms with Crippen molar-refractivity contribution in [2.45, 2.75) is 207 Å². The van der Waals surface area contributed by atoms with E-state index in [1.807, 2.05) is 56.5 Å². The molecule has 18 nitrogen and oxygen atoms in total. The summed E-state index contributed by atoms with van der Waals surface area (Å²) in [5.74, 6) is -0.359. The van der Waals surface area contributed by atoms with Crippen LogP contribution in [-0.2, 0) is 91.3 Å². The van der Waals surface area contributed by atoms with Crippen molar-refractivity contribution in [3.63, 3.8) is 0 Å². The number of hydrogen-bond acceptors (Lipinski definition) is 22. The fraction of sp³-hybridized carbons (Fsp3) is 0.487. The molecule has 2 amide bonds. The van der Waals surface area contributed by atoms with E-state index in [1.165, 1.54) is 123 Å². The van der Waals surface area contributed by atoms with Crippen molar-refractivity contribution in [2.24, 2.45) is 5.92 Å². The molecule has 1 atom stereocenters. The summed E-state index contributed by atoms with van der Waals surface area (Å²) in [6.07, 6.45) is 32.4. The third kappa shape index (κ3) is 24.4. The highest BCUT2D eigenvalue weighted by atomic mass is 32.2. The second kappa shape index (κ2) is 43.6. The van der Waals surface area contributed by atoms with Crippen LogP contribution in [-0.4, -0.2) is 102 Å². The summed E-state index contributed by atoms with van der Waals surface area (Å²) < 4.78 is 16.7. The van der Waals surface area contributed by atoms with Crippen LogP contribution in [0.4, 0.5) is 19.8 Å². The first kappa shape index (κ1) is 85.1. The number of allylic oxidation sites excluding steroid dienone is 6. The number of thiophene rings is 5. The van der Waals surface area contributed by atoms with Crippen molar-refractivity contribution in [3.05, 3.63) is 145 Å². The fourth-order valence-electron chi connectivity index (χ4n) is 12.5. The first-order valence-corrected chi connectivity index (χ1v) is 41.6. The Kier molecular flexibility index (Phi) is 36.0. The summed E-state index contributed by atoms with van der Waals surface area (Å²) >= 11 is 10.4. The van der Waals surface area contributed by atoms with Gasteiger partial charge in [0, 0.05) is 63.0 Å². The number of carbonyl (C=O) groups is 9. The number of ketones is 4. The number of Topliss-reactive ketones (excluding diaryl/α,β-unsaturated/α-hetero) is 4. The Morgan fingerprint density at radius 3 is 1.75 bits per heavy atom. The number of thioether (sulfide) groups is 2. The van der Waals surface area contributed by atoms with Crippen LogP contribution in [0.2, 0.25) is 0 Å². The van der Waals surface area contributed by atoms with Gasteiger partial charge < -0.3 is 35.7 Å². The minimum atomic E-state index is -0.578. The summed E-state index contributed by atoms with van der Waals surface area (Å²) in [5.41, 5.74) is 15.3. The Morgan fingerprint density at radius 2 is 1.24 bits per heavy atom. The Labute approximate surface area is 634 Å². The molecule has 0 aromatic carbocycles. The number of fused-ring (bicyclic) bond motifs is 8. The average Bonchev–Trinajstić information content (AvgIpc) is 1.64. The molecule has 103 heavy (non-hydrogen) atoms. The molecule has 558 valence electrons. The molecule has 13 rings (SSSR count). The number of aromatic nitrogens is 1. The number of aliphatic hydroxyl groups is 1. The lowest BCUT2D eigenvalue weighted by molar-refractivity contribution is -0.140. The van der Waals surface area contributed by atoms with Gasteiger partial charge in [0.25, 0.3) is 10.8 Å². The van der Waals surface area contributed by atoms with Gasteiger partial charge in [-0.25, -0.2) is 9.59 Å². The number of rotatable bonds is 14. The number of esters is 3. The normalized spacial score (nSPS) is 15.6. The monoisotopic (exact) mass is 1540 g/mol. The van der Waals surface area contributed by atoms with Crippen LogP contribution in [0.1, 0.15) is 226 Å². The lowest BCUT2D eigenvalue weighted by atomic mass is 9.85. The van der Waals surface area contributed by atoms with Gasteiger partial charge in [0.1, 0.15) is 26.7 Å². The Morgan fingerprint density at radius 1 is 0.689 bits per heavy atom. The predicted octanol–water partition coefficient (Wildman–Crippen LogP) is 18.1. The van der Waals surface area contributed by atoms with Crippen LogP contribution in [0.15, 0.2) is 81.5 Å². The van der Waals surface area contributed by atoms with Gasteiger partial charge in [0.15, 0.2) is 17.3 Å². The number of nitrogens with two attached hydrogens (primary N) is 1. The van der Waals surface area contributed by atoms with E-state index >= 15 is 0 Å². The third-order valence-corrected chi connectivity index (χ3v) is 24.7. The number of aliphatic hydroxyl groups excluding tert-OH is 1. The molecule has 1 saturated carbocycles. The topological polar surface area (TPSA) is 274 Å². The maximum Gasteiger partial charge on any atom is 0.341 e. The molecule has 0 saturated heterocycles. The zero-order valence-electron chi connectivity index (χ0n) is 61.0. The average molecular weight is 1540 g/mol. The molecule has 25 heteroatoms. The number of pyridine rings is 1. The van der Waals surface area contributed by atoms with Crippen molar-refractivity contribution in [2.75, 3.05) is 56.3 Å². The molecule has 6 aliphatic carbocycles. The maximum atomic E-state index is 13.3. The summed E-state index contributed by atoms with van der Waals surface area (Å²) in [6, 6.07) is 5.85. The highest BCUT2D eigenvalue weighted by Gasteiger charge is 2.39. The number of anilines is 3.